The van der Waals surface area contributed by atoms with Gasteiger partial charge in [0.25, 0.3) is 0 Å². The van der Waals surface area contributed by atoms with Crippen molar-refractivity contribution in [3.05, 3.63) is 48.0 Å². The number of likely N-dealkylation sites (N-methyl/N-ethyl adjacent to an activating group) is 1. The number of carbonyl (C=O) groups excluding carboxylic acids is 1. The van der Waals surface area contributed by atoms with Crippen LogP contribution in [0.1, 0.15) is 18.5 Å². The summed E-state index contributed by atoms with van der Waals surface area (Å²) in [6.45, 7) is 3.35. The maximum atomic E-state index is 11.8. The Hall–Kier alpha value is -2.60. The van der Waals surface area contributed by atoms with Crippen molar-refractivity contribution in [3.8, 4) is 0 Å². The lowest BCUT2D eigenvalue weighted by molar-refractivity contribution is -0.127. The molecule has 2 aromatic rings. The number of amides is 1. The number of ether oxygens (including phenoxy) is 1. The van der Waals surface area contributed by atoms with Crippen molar-refractivity contribution in [2.45, 2.75) is 13.0 Å². The summed E-state index contributed by atoms with van der Waals surface area (Å²) in [7, 11) is 5.10. The van der Waals surface area contributed by atoms with Crippen molar-refractivity contribution in [1.29, 1.82) is 0 Å². The lowest BCUT2D eigenvalue weighted by Gasteiger charge is -2.19. The second-order valence-electron chi connectivity index (χ2n) is 6.35. The summed E-state index contributed by atoms with van der Waals surface area (Å²) >= 11 is 0. The van der Waals surface area contributed by atoms with Gasteiger partial charge in [0, 0.05) is 27.7 Å². The highest BCUT2D eigenvalue weighted by Crippen LogP contribution is 2.20. The van der Waals surface area contributed by atoms with Gasteiger partial charge in [0.05, 0.1) is 12.6 Å². The van der Waals surface area contributed by atoms with E-state index in [1.54, 1.807) is 21.2 Å². The van der Waals surface area contributed by atoms with Gasteiger partial charge in [-0.3, -0.25) is 4.79 Å². The van der Waals surface area contributed by atoms with Gasteiger partial charge in [-0.25, -0.2) is 4.99 Å². The third-order valence-corrected chi connectivity index (χ3v) is 4.10. The van der Waals surface area contributed by atoms with E-state index in [1.807, 2.05) is 12.1 Å². The van der Waals surface area contributed by atoms with E-state index in [-0.39, 0.29) is 18.5 Å². The van der Waals surface area contributed by atoms with Crippen LogP contribution in [0.3, 0.4) is 0 Å². The molecule has 0 aliphatic rings. The van der Waals surface area contributed by atoms with E-state index in [0.717, 1.165) is 5.56 Å². The van der Waals surface area contributed by atoms with Gasteiger partial charge in [-0.15, -0.1) is 0 Å². The van der Waals surface area contributed by atoms with Gasteiger partial charge in [0.15, 0.2) is 5.96 Å². The van der Waals surface area contributed by atoms with Crippen molar-refractivity contribution in [3.63, 3.8) is 0 Å². The molecule has 6 nitrogen and oxygen atoms in total. The molecule has 1 unspecified atom stereocenters. The molecule has 2 aromatic carbocycles. The first kappa shape index (κ1) is 19.7. The van der Waals surface area contributed by atoms with E-state index in [9.17, 15) is 4.79 Å². The fraction of sp³-hybridized carbons (Fsp3) is 0.400. The van der Waals surface area contributed by atoms with Crippen molar-refractivity contribution in [2.24, 2.45) is 4.99 Å². The molecule has 0 radical (unpaired) electrons. The number of methoxy groups -OCH3 is 1. The fourth-order valence-corrected chi connectivity index (χ4v) is 2.48. The molecule has 0 bridgehead atoms. The van der Waals surface area contributed by atoms with E-state index in [1.165, 1.54) is 15.7 Å². The zero-order valence-electron chi connectivity index (χ0n) is 16.0. The van der Waals surface area contributed by atoms with E-state index in [4.69, 9.17) is 4.74 Å². The number of nitrogens with zero attached hydrogens (tertiary/aromatic N) is 2. The minimum Gasteiger partial charge on any atom is -0.383 e. The number of nitrogens with one attached hydrogen (secondary N) is 2. The van der Waals surface area contributed by atoms with Crippen LogP contribution >= 0.6 is 0 Å². The summed E-state index contributed by atoms with van der Waals surface area (Å²) in [6.07, 6.45) is 0. The summed E-state index contributed by atoms with van der Waals surface area (Å²) < 4.78 is 5.07. The number of carbonyl (C=O) groups is 1. The Balaban J connectivity index is 2.10. The van der Waals surface area contributed by atoms with E-state index < -0.39 is 0 Å². The Bertz CT molecular complexity index is 758. The summed E-state index contributed by atoms with van der Waals surface area (Å²) in [5, 5.41) is 8.98. The number of guanidine groups is 1. The van der Waals surface area contributed by atoms with Crippen LogP contribution in [0.15, 0.2) is 47.5 Å². The predicted octanol–water partition coefficient (Wildman–Crippen LogP) is 2.17. The van der Waals surface area contributed by atoms with Crippen molar-refractivity contribution in [2.75, 3.05) is 40.9 Å². The molecule has 0 fully saturated rings. The van der Waals surface area contributed by atoms with Crippen LogP contribution in [-0.2, 0) is 9.53 Å². The standard InChI is InChI=1S/C20H28N4O2/c1-15(17-10-9-16-7-5-6-8-18(16)13-17)23-20(21-11-12-26-4)22-14-19(25)24(2)3/h5-10,13,15H,11-12,14H2,1-4H3,(H2,21,22,23). The molecule has 140 valence electrons. The fourth-order valence-electron chi connectivity index (χ4n) is 2.48. The molecule has 0 saturated heterocycles. The van der Waals surface area contributed by atoms with Gasteiger partial charge in [-0.1, -0.05) is 36.4 Å². The maximum absolute atomic E-state index is 11.8. The molecule has 0 heterocycles. The van der Waals surface area contributed by atoms with Crippen LogP contribution in [0.2, 0.25) is 0 Å². The van der Waals surface area contributed by atoms with Gasteiger partial charge in [-0.05, 0) is 29.3 Å². The lowest BCUT2D eigenvalue weighted by atomic mass is 10.0. The molecule has 26 heavy (non-hydrogen) atoms. The minimum absolute atomic E-state index is 0.0443. The smallest absolute Gasteiger partial charge is 0.243 e. The van der Waals surface area contributed by atoms with E-state index >= 15 is 0 Å². The molecular formula is C20H28N4O2. The van der Waals surface area contributed by atoms with E-state index in [2.05, 4.69) is 52.9 Å². The number of benzene rings is 2. The number of hydrogen-bond acceptors (Lipinski definition) is 3. The molecule has 6 heteroatoms. The molecule has 0 saturated carbocycles. The maximum Gasteiger partial charge on any atom is 0.243 e. The third-order valence-electron chi connectivity index (χ3n) is 4.10. The molecule has 0 aromatic heterocycles. The summed E-state index contributed by atoms with van der Waals surface area (Å²) in [5.41, 5.74) is 1.16. The molecule has 0 spiro atoms. The van der Waals surface area contributed by atoms with Crippen LogP contribution in [0.25, 0.3) is 10.8 Å². The Kier molecular flexibility index (Phi) is 7.41. The van der Waals surface area contributed by atoms with Crippen molar-refractivity contribution in [1.82, 2.24) is 15.5 Å². The van der Waals surface area contributed by atoms with Crippen LogP contribution in [-0.4, -0.2) is 57.7 Å². The lowest BCUT2D eigenvalue weighted by Crippen LogP contribution is -2.41. The quantitative estimate of drug-likeness (QED) is 0.453. The van der Waals surface area contributed by atoms with Gasteiger partial charge in [0.1, 0.15) is 6.54 Å². The Morgan fingerprint density at radius 1 is 1.19 bits per heavy atom. The van der Waals surface area contributed by atoms with Crippen LogP contribution in [0.5, 0.6) is 0 Å². The molecule has 2 N–H and O–H groups in total. The molecule has 0 aliphatic carbocycles. The Morgan fingerprint density at radius 3 is 2.62 bits per heavy atom. The third kappa shape index (κ3) is 5.74. The average molecular weight is 356 g/mol. The first-order valence-electron chi connectivity index (χ1n) is 8.74. The molecular weight excluding hydrogens is 328 g/mol. The Morgan fingerprint density at radius 2 is 1.92 bits per heavy atom. The van der Waals surface area contributed by atoms with Gasteiger partial charge < -0.3 is 20.3 Å². The van der Waals surface area contributed by atoms with Crippen LogP contribution < -0.4 is 10.6 Å². The zero-order chi connectivity index (χ0) is 18.9. The average Bonchev–Trinajstić information content (AvgIpc) is 2.65. The normalized spacial score (nSPS) is 12.7. The molecule has 2 rings (SSSR count). The second-order valence-corrected chi connectivity index (χ2v) is 6.35. The van der Waals surface area contributed by atoms with E-state index in [0.29, 0.717) is 19.1 Å². The molecule has 0 aliphatic heterocycles. The summed E-state index contributed by atoms with van der Waals surface area (Å²) in [4.78, 5) is 17.7. The number of rotatable bonds is 7. The predicted molar refractivity (Wildman–Crippen MR) is 106 cm³/mol. The van der Waals surface area contributed by atoms with Crippen molar-refractivity contribution >= 4 is 22.6 Å². The van der Waals surface area contributed by atoms with Crippen LogP contribution in [0.4, 0.5) is 0 Å². The van der Waals surface area contributed by atoms with Crippen LogP contribution in [0, 0.1) is 0 Å². The highest BCUT2D eigenvalue weighted by atomic mass is 16.5. The summed E-state index contributed by atoms with van der Waals surface area (Å²) in [5.74, 6) is 0.550. The van der Waals surface area contributed by atoms with Gasteiger partial charge in [-0.2, -0.15) is 0 Å². The summed E-state index contributed by atoms with van der Waals surface area (Å²) in [6, 6.07) is 14.7. The Labute approximate surface area is 155 Å². The minimum atomic E-state index is -0.0452. The van der Waals surface area contributed by atoms with Crippen molar-refractivity contribution < 1.29 is 9.53 Å². The number of fused-ring (bicyclic) bond motifs is 1. The first-order chi connectivity index (χ1) is 12.5. The number of hydrogen-bond donors (Lipinski definition) is 2. The SMILES string of the molecule is COCCNC(=NCC(=O)N(C)C)NC(C)c1ccc2ccccc2c1. The van der Waals surface area contributed by atoms with Gasteiger partial charge in [0.2, 0.25) is 5.91 Å². The number of aliphatic imine (C=N–C) groups is 1. The second kappa shape index (κ2) is 9.77. The molecule has 1 atom stereocenters. The largest absolute Gasteiger partial charge is 0.383 e. The monoisotopic (exact) mass is 356 g/mol. The first-order valence-corrected chi connectivity index (χ1v) is 8.74. The topological polar surface area (TPSA) is 66.0 Å². The highest BCUT2D eigenvalue weighted by molar-refractivity contribution is 5.86. The van der Waals surface area contributed by atoms with Gasteiger partial charge >= 0.3 is 0 Å². The highest BCUT2D eigenvalue weighted by Gasteiger charge is 2.10. The zero-order valence-corrected chi connectivity index (χ0v) is 16.0. The molecule has 1 amide bonds.